The number of hydrogen-bond acceptors (Lipinski definition) is 3. The predicted octanol–water partition coefficient (Wildman–Crippen LogP) is 3.64. The maximum absolute atomic E-state index is 10.1. The molecule has 0 radical (unpaired) electrons. The minimum Gasteiger partial charge on any atom is -0.507 e. The zero-order valence-electron chi connectivity index (χ0n) is 12.9. The summed E-state index contributed by atoms with van der Waals surface area (Å²) in [6.45, 7) is 7.64. The number of rotatable bonds is 6. The Balaban J connectivity index is 0.00000220. The number of nitrogens with zero attached hydrogens (tertiary/aromatic N) is 2. The summed E-state index contributed by atoms with van der Waals surface area (Å²) in [6.07, 6.45) is 3.94. The number of aryl methyl sites for hydroxylation is 1. The van der Waals surface area contributed by atoms with E-state index in [0.29, 0.717) is 5.75 Å². The van der Waals surface area contributed by atoms with Gasteiger partial charge in [-0.15, -0.1) is 12.4 Å². The maximum Gasteiger partial charge on any atom is 0.123 e. The average molecular weight is 425 g/mol. The molecule has 120 valence electrons. The molecule has 5 heteroatoms. The molecule has 2 rings (SSSR count). The number of aromatic hydroxyl groups is 1. The van der Waals surface area contributed by atoms with Crippen molar-refractivity contribution >= 4 is 35.0 Å². The van der Waals surface area contributed by atoms with E-state index in [1.165, 1.54) is 42.5 Å². The van der Waals surface area contributed by atoms with E-state index in [2.05, 4.69) is 45.5 Å². The highest BCUT2D eigenvalue weighted by Gasteiger charge is 2.12. The summed E-state index contributed by atoms with van der Waals surface area (Å²) >= 11 is 2.31. The Morgan fingerprint density at radius 1 is 1.29 bits per heavy atom. The lowest BCUT2D eigenvalue weighted by atomic mass is 10.1. The molecule has 1 aliphatic rings. The Morgan fingerprint density at radius 2 is 1.95 bits per heavy atom. The van der Waals surface area contributed by atoms with Crippen LogP contribution in [0.2, 0.25) is 0 Å². The van der Waals surface area contributed by atoms with Crippen LogP contribution in [-0.4, -0.2) is 48.1 Å². The molecule has 1 heterocycles. The standard InChI is InChI=1S/C16H25IN2O.ClH/c1-13-10-15(17)11-14(16(13)20)12-18(2)6-5-9-19-7-3-4-8-19;/h10-11,20H,3-9,12H2,1-2H3;1H. The van der Waals surface area contributed by atoms with E-state index < -0.39 is 0 Å². The fourth-order valence-electron chi connectivity index (χ4n) is 2.87. The molecular formula is C16H26ClIN2O. The summed E-state index contributed by atoms with van der Waals surface area (Å²) in [4.78, 5) is 4.86. The second-order valence-corrected chi connectivity index (χ2v) is 7.12. The zero-order chi connectivity index (χ0) is 14.5. The second-order valence-electron chi connectivity index (χ2n) is 5.87. The van der Waals surface area contributed by atoms with E-state index >= 15 is 0 Å². The van der Waals surface area contributed by atoms with Crippen molar-refractivity contribution in [1.82, 2.24) is 9.80 Å². The van der Waals surface area contributed by atoms with Gasteiger partial charge >= 0.3 is 0 Å². The molecule has 1 aliphatic heterocycles. The highest BCUT2D eigenvalue weighted by atomic mass is 127. The van der Waals surface area contributed by atoms with Crippen LogP contribution in [0.5, 0.6) is 5.75 Å². The molecule has 1 N–H and O–H groups in total. The van der Waals surface area contributed by atoms with Gasteiger partial charge in [0.05, 0.1) is 0 Å². The largest absolute Gasteiger partial charge is 0.507 e. The molecule has 0 spiro atoms. The lowest BCUT2D eigenvalue weighted by molar-refractivity contribution is 0.272. The molecular weight excluding hydrogens is 399 g/mol. The number of halogens is 2. The van der Waals surface area contributed by atoms with Crippen LogP contribution in [0, 0.1) is 10.5 Å². The number of benzene rings is 1. The van der Waals surface area contributed by atoms with Gasteiger partial charge < -0.3 is 14.9 Å². The Morgan fingerprint density at radius 3 is 2.62 bits per heavy atom. The van der Waals surface area contributed by atoms with Crippen molar-refractivity contribution in [2.24, 2.45) is 0 Å². The third kappa shape index (κ3) is 5.93. The normalized spacial score (nSPS) is 15.4. The van der Waals surface area contributed by atoms with Gasteiger partial charge in [-0.05, 0) is 99.7 Å². The molecule has 0 atom stereocenters. The first kappa shape index (κ1) is 19.0. The van der Waals surface area contributed by atoms with Crippen molar-refractivity contribution in [3.63, 3.8) is 0 Å². The fraction of sp³-hybridized carbons (Fsp3) is 0.625. The van der Waals surface area contributed by atoms with E-state index in [-0.39, 0.29) is 12.4 Å². The van der Waals surface area contributed by atoms with E-state index in [0.717, 1.165) is 24.2 Å². The van der Waals surface area contributed by atoms with Crippen LogP contribution in [0.15, 0.2) is 12.1 Å². The van der Waals surface area contributed by atoms with Crippen molar-refractivity contribution in [2.75, 3.05) is 33.2 Å². The number of likely N-dealkylation sites (tertiary alicyclic amines) is 1. The van der Waals surface area contributed by atoms with Crippen LogP contribution in [0.4, 0.5) is 0 Å². The Labute approximate surface area is 148 Å². The van der Waals surface area contributed by atoms with Crippen molar-refractivity contribution < 1.29 is 5.11 Å². The molecule has 21 heavy (non-hydrogen) atoms. The average Bonchev–Trinajstić information content (AvgIpc) is 2.88. The number of phenolic OH excluding ortho intramolecular Hbond substituents is 1. The van der Waals surface area contributed by atoms with Gasteiger partial charge in [0.15, 0.2) is 0 Å². The van der Waals surface area contributed by atoms with Crippen molar-refractivity contribution in [1.29, 1.82) is 0 Å². The third-order valence-electron chi connectivity index (χ3n) is 4.00. The highest BCUT2D eigenvalue weighted by Crippen LogP contribution is 2.25. The first-order valence-electron chi connectivity index (χ1n) is 7.45. The lowest BCUT2D eigenvalue weighted by Gasteiger charge is -2.20. The second kappa shape index (κ2) is 9.18. The predicted molar refractivity (Wildman–Crippen MR) is 99.4 cm³/mol. The summed E-state index contributed by atoms with van der Waals surface area (Å²) in [5.41, 5.74) is 2.01. The van der Waals surface area contributed by atoms with Crippen molar-refractivity contribution in [2.45, 2.75) is 32.7 Å². The molecule has 0 saturated carbocycles. The van der Waals surface area contributed by atoms with Gasteiger partial charge in [0.25, 0.3) is 0 Å². The van der Waals surface area contributed by atoms with Crippen LogP contribution < -0.4 is 0 Å². The van der Waals surface area contributed by atoms with Gasteiger partial charge in [-0.2, -0.15) is 0 Å². The summed E-state index contributed by atoms with van der Waals surface area (Å²) in [6, 6.07) is 4.10. The van der Waals surface area contributed by atoms with E-state index in [4.69, 9.17) is 0 Å². The van der Waals surface area contributed by atoms with E-state index in [9.17, 15) is 5.11 Å². The first-order chi connectivity index (χ1) is 9.56. The molecule has 0 amide bonds. The number of phenols is 1. The summed E-state index contributed by atoms with van der Waals surface area (Å²) in [7, 11) is 2.14. The minimum atomic E-state index is 0. The summed E-state index contributed by atoms with van der Waals surface area (Å²) < 4.78 is 1.19. The Hall–Kier alpha value is -0.0400. The van der Waals surface area contributed by atoms with Gasteiger partial charge in [-0.1, -0.05) is 0 Å². The van der Waals surface area contributed by atoms with E-state index in [1.54, 1.807) is 0 Å². The maximum atomic E-state index is 10.1. The summed E-state index contributed by atoms with van der Waals surface area (Å²) in [5.74, 6) is 0.455. The topological polar surface area (TPSA) is 26.7 Å². The molecule has 1 aromatic carbocycles. The van der Waals surface area contributed by atoms with Crippen LogP contribution in [0.25, 0.3) is 0 Å². The van der Waals surface area contributed by atoms with E-state index in [1.807, 2.05) is 13.0 Å². The van der Waals surface area contributed by atoms with Gasteiger partial charge in [0.2, 0.25) is 0 Å². The molecule has 1 fully saturated rings. The monoisotopic (exact) mass is 424 g/mol. The molecule has 0 unspecified atom stereocenters. The van der Waals surface area contributed by atoms with Crippen LogP contribution in [0.1, 0.15) is 30.4 Å². The minimum absolute atomic E-state index is 0. The smallest absolute Gasteiger partial charge is 0.123 e. The zero-order valence-corrected chi connectivity index (χ0v) is 15.9. The lowest BCUT2D eigenvalue weighted by Crippen LogP contribution is -2.26. The Bertz CT molecular complexity index is 450. The van der Waals surface area contributed by atoms with Crippen LogP contribution in [0.3, 0.4) is 0 Å². The molecule has 1 aromatic rings. The van der Waals surface area contributed by atoms with Gasteiger partial charge in [0, 0.05) is 15.7 Å². The van der Waals surface area contributed by atoms with Gasteiger partial charge in [-0.3, -0.25) is 0 Å². The fourth-order valence-corrected chi connectivity index (χ4v) is 3.71. The molecule has 1 saturated heterocycles. The van der Waals surface area contributed by atoms with Crippen LogP contribution >= 0.6 is 35.0 Å². The van der Waals surface area contributed by atoms with Crippen LogP contribution in [-0.2, 0) is 6.54 Å². The number of hydrogen-bond donors (Lipinski definition) is 1. The molecule has 3 nitrogen and oxygen atoms in total. The highest BCUT2D eigenvalue weighted by molar-refractivity contribution is 14.1. The van der Waals surface area contributed by atoms with Crippen molar-refractivity contribution in [3.05, 3.63) is 26.8 Å². The van der Waals surface area contributed by atoms with Gasteiger partial charge in [-0.25, -0.2) is 0 Å². The SMILES string of the molecule is Cc1cc(I)cc(CN(C)CCCN2CCCC2)c1O.Cl. The van der Waals surface area contributed by atoms with Crippen molar-refractivity contribution in [3.8, 4) is 5.75 Å². The van der Waals surface area contributed by atoms with Gasteiger partial charge in [0.1, 0.15) is 5.75 Å². The third-order valence-corrected chi connectivity index (χ3v) is 4.62. The quantitative estimate of drug-likeness (QED) is 0.706. The molecule has 0 bridgehead atoms. The molecule has 0 aromatic heterocycles. The Kier molecular flexibility index (Phi) is 8.31. The summed E-state index contributed by atoms with van der Waals surface area (Å²) in [5, 5.41) is 10.1. The molecule has 0 aliphatic carbocycles. The first-order valence-corrected chi connectivity index (χ1v) is 8.53.